The number of carbonyl (C=O) groups is 2. The van der Waals surface area contributed by atoms with Gasteiger partial charge in [-0.05, 0) is 36.4 Å². The van der Waals surface area contributed by atoms with E-state index in [2.05, 4.69) is 5.32 Å². The Hall–Kier alpha value is -2.69. The standard InChI is InChI=1S/C16H14FNO3/c1-11(19)18-14-3-2-4-15(9-14)21-10-16(20)12-5-7-13(17)8-6-12/h2-9H,10H2,1H3,(H,18,19). The van der Waals surface area contributed by atoms with Gasteiger partial charge in [0, 0.05) is 24.2 Å². The first-order chi connectivity index (χ1) is 10.0. The molecule has 108 valence electrons. The van der Waals surface area contributed by atoms with Crippen molar-refractivity contribution in [3.8, 4) is 5.75 Å². The molecule has 2 aromatic carbocycles. The Morgan fingerprint density at radius 3 is 2.52 bits per heavy atom. The molecule has 21 heavy (non-hydrogen) atoms. The second-order valence-corrected chi connectivity index (χ2v) is 4.43. The molecule has 0 saturated carbocycles. The molecular weight excluding hydrogens is 273 g/mol. The van der Waals surface area contributed by atoms with E-state index in [9.17, 15) is 14.0 Å². The Morgan fingerprint density at radius 2 is 1.86 bits per heavy atom. The summed E-state index contributed by atoms with van der Waals surface area (Å²) in [6.07, 6.45) is 0. The van der Waals surface area contributed by atoms with Crippen LogP contribution in [0.3, 0.4) is 0 Å². The van der Waals surface area contributed by atoms with Gasteiger partial charge in [-0.25, -0.2) is 4.39 Å². The van der Waals surface area contributed by atoms with E-state index < -0.39 is 5.82 Å². The van der Waals surface area contributed by atoms with Gasteiger partial charge < -0.3 is 10.1 Å². The predicted octanol–water partition coefficient (Wildman–Crippen LogP) is 3.05. The third-order valence-electron chi connectivity index (χ3n) is 2.69. The van der Waals surface area contributed by atoms with Gasteiger partial charge >= 0.3 is 0 Å². The van der Waals surface area contributed by atoms with E-state index in [0.717, 1.165) is 0 Å². The molecule has 0 saturated heterocycles. The van der Waals surface area contributed by atoms with Crippen LogP contribution in [0.2, 0.25) is 0 Å². The van der Waals surface area contributed by atoms with Gasteiger partial charge in [0.25, 0.3) is 0 Å². The fourth-order valence-corrected chi connectivity index (χ4v) is 1.73. The lowest BCUT2D eigenvalue weighted by Gasteiger charge is -2.08. The third kappa shape index (κ3) is 4.42. The monoisotopic (exact) mass is 287 g/mol. The summed E-state index contributed by atoms with van der Waals surface area (Å²) in [5, 5.41) is 2.63. The minimum absolute atomic E-state index is 0.158. The van der Waals surface area contributed by atoms with Crippen molar-refractivity contribution in [1.29, 1.82) is 0 Å². The van der Waals surface area contributed by atoms with Crippen LogP contribution in [0.25, 0.3) is 0 Å². The topological polar surface area (TPSA) is 55.4 Å². The number of amides is 1. The average molecular weight is 287 g/mol. The zero-order valence-corrected chi connectivity index (χ0v) is 11.4. The Kier molecular flexibility index (Phi) is 4.66. The molecule has 1 amide bonds. The van der Waals surface area contributed by atoms with Crippen molar-refractivity contribution in [2.24, 2.45) is 0 Å². The van der Waals surface area contributed by atoms with Crippen molar-refractivity contribution in [3.05, 3.63) is 59.9 Å². The van der Waals surface area contributed by atoms with E-state index in [1.807, 2.05) is 0 Å². The van der Waals surface area contributed by atoms with Crippen LogP contribution in [-0.2, 0) is 4.79 Å². The number of benzene rings is 2. The zero-order chi connectivity index (χ0) is 15.2. The second-order valence-electron chi connectivity index (χ2n) is 4.43. The number of ketones is 1. The number of carbonyl (C=O) groups excluding carboxylic acids is 2. The van der Waals surface area contributed by atoms with E-state index in [0.29, 0.717) is 17.0 Å². The molecule has 0 aliphatic rings. The molecule has 0 heterocycles. The van der Waals surface area contributed by atoms with E-state index in [1.165, 1.54) is 31.2 Å². The molecule has 4 nitrogen and oxygen atoms in total. The lowest BCUT2D eigenvalue weighted by molar-refractivity contribution is -0.114. The highest BCUT2D eigenvalue weighted by molar-refractivity contribution is 5.97. The molecule has 0 bridgehead atoms. The Labute approximate surface area is 121 Å². The molecule has 0 aliphatic heterocycles. The maximum atomic E-state index is 12.8. The van der Waals surface area contributed by atoms with Gasteiger partial charge in [0.1, 0.15) is 11.6 Å². The lowest BCUT2D eigenvalue weighted by Crippen LogP contribution is -2.12. The van der Waals surface area contributed by atoms with Crippen LogP contribution in [0.15, 0.2) is 48.5 Å². The first-order valence-corrected chi connectivity index (χ1v) is 6.34. The number of ether oxygens (including phenoxy) is 1. The van der Waals surface area contributed by atoms with Crippen molar-refractivity contribution in [2.75, 3.05) is 11.9 Å². The first-order valence-electron chi connectivity index (χ1n) is 6.34. The Morgan fingerprint density at radius 1 is 1.14 bits per heavy atom. The Balaban J connectivity index is 1.97. The van der Waals surface area contributed by atoms with Gasteiger partial charge in [-0.15, -0.1) is 0 Å². The summed E-state index contributed by atoms with van der Waals surface area (Å²) in [5.41, 5.74) is 0.976. The fraction of sp³-hybridized carbons (Fsp3) is 0.125. The molecule has 0 unspecified atom stereocenters. The van der Waals surface area contributed by atoms with Crippen LogP contribution >= 0.6 is 0 Å². The van der Waals surface area contributed by atoms with Crippen molar-refractivity contribution in [3.63, 3.8) is 0 Å². The average Bonchev–Trinajstić information content (AvgIpc) is 2.45. The largest absolute Gasteiger partial charge is 0.485 e. The molecule has 0 spiro atoms. The Bertz CT molecular complexity index is 653. The fourth-order valence-electron chi connectivity index (χ4n) is 1.73. The summed E-state index contributed by atoms with van der Waals surface area (Å²) in [6, 6.07) is 12.0. The zero-order valence-electron chi connectivity index (χ0n) is 11.4. The van der Waals surface area contributed by atoms with E-state index in [4.69, 9.17) is 4.74 Å². The highest BCUT2D eigenvalue weighted by Gasteiger charge is 2.07. The summed E-state index contributed by atoms with van der Waals surface area (Å²) in [5.74, 6) is -0.360. The van der Waals surface area contributed by atoms with Crippen molar-refractivity contribution in [2.45, 2.75) is 6.92 Å². The highest BCUT2D eigenvalue weighted by atomic mass is 19.1. The van der Waals surface area contributed by atoms with Crippen molar-refractivity contribution >= 4 is 17.4 Å². The van der Waals surface area contributed by atoms with E-state index in [-0.39, 0.29) is 18.3 Å². The van der Waals surface area contributed by atoms with E-state index in [1.54, 1.807) is 24.3 Å². The molecule has 0 aliphatic carbocycles. The van der Waals surface area contributed by atoms with Crippen LogP contribution < -0.4 is 10.1 Å². The molecule has 0 fully saturated rings. The smallest absolute Gasteiger partial charge is 0.221 e. The van der Waals surface area contributed by atoms with Crippen LogP contribution in [-0.4, -0.2) is 18.3 Å². The van der Waals surface area contributed by atoms with Crippen LogP contribution in [0.5, 0.6) is 5.75 Å². The number of Topliss-reactive ketones (excluding diaryl/α,β-unsaturated/α-hetero) is 1. The van der Waals surface area contributed by atoms with E-state index >= 15 is 0 Å². The third-order valence-corrected chi connectivity index (χ3v) is 2.69. The number of hydrogen-bond acceptors (Lipinski definition) is 3. The van der Waals surface area contributed by atoms with Gasteiger partial charge in [-0.2, -0.15) is 0 Å². The van der Waals surface area contributed by atoms with Gasteiger partial charge in [0.05, 0.1) is 0 Å². The molecule has 2 rings (SSSR count). The molecule has 0 aromatic heterocycles. The van der Waals surface area contributed by atoms with Gasteiger partial charge in [0.15, 0.2) is 12.4 Å². The number of anilines is 1. The van der Waals surface area contributed by atoms with Crippen molar-refractivity contribution in [1.82, 2.24) is 0 Å². The predicted molar refractivity (Wildman–Crippen MR) is 77.0 cm³/mol. The molecule has 1 N–H and O–H groups in total. The van der Waals surface area contributed by atoms with Gasteiger partial charge in [0.2, 0.25) is 5.91 Å². The maximum Gasteiger partial charge on any atom is 0.221 e. The summed E-state index contributed by atoms with van der Waals surface area (Å²) in [7, 11) is 0. The number of hydrogen-bond donors (Lipinski definition) is 1. The summed E-state index contributed by atoms with van der Waals surface area (Å²) >= 11 is 0. The van der Waals surface area contributed by atoms with Crippen molar-refractivity contribution < 1.29 is 18.7 Å². The molecular formula is C16H14FNO3. The quantitative estimate of drug-likeness (QED) is 0.860. The maximum absolute atomic E-state index is 12.8. The summed E-state index contributed by atoms with van der Waals surface area (Å²) < 4.78 is 18.2. The summed E-state index contributed by atoms with van der Waals surface area (Å²) in [6.45, 7) is 1.25. The number of nitrogens with one attached hydrogen (secondary N) is 1. The molecule has 0 atom stereocenters. The minimum Gasteiger partial charge on any atom is -0.485 e. The first kappa shape index (κ1) is 14.7. The number of halogens is 1. The summed E-state index contributed by atoms with van der Waals surface area (Å²) in [4.78, 5) is 22.8. The number of rotatable bonds is 5. The second kappa shape index (κ2) is 6.65. The normalized spacial score (nSPS) is 10.0. The SMILES string of the molecule is CC(=O)Nc1cccc(OCC(=O)c2ccc(F)cc2)c1. The molecule has 5 heteroatoms. The van der Waals surface area contributed by atoms with Crippen LogP contribution in [0.4, 0.5) is 10.1 Å². The van der Waals surface area contributed by atoms with Gasteiger partial charge in [-0.3, -0.25) is 9.59 Å². The minimum atomic E-state index is -0.393. The molecule has 0 radical (unpaired) electrons. The lowest BCUT2D eigenvalue weighted by atomic mass is 10.1. The van der Waals surface area contributed by atoms with Crippen LogP contribution in [0.1, 0.15) is 17.3 Å². The highest BCUT2D eigenvalue weighted by Crippen LogP contribution is 2.17. The molecule has 2 aromatic rings. The van der Waals surface area contributed by atoms with Crippen LogP contribution in [0, 0.1) is 5.82 Å². The van der Waals surface area contributed by atoms with Gasteiger partial charge in [-0.1, -0.05) is 6.07 Å².